The van der Waals surface area contributed by atoms with Crippen molar-refractivity contribution in [3.8, 4) is 0 Å². The van der Waals surface area contributed by atoms with Crippen molar-refractivity contribution >= 4 is 39.3 Å². The van der Waals surface area contributed by atoms with Crippen LogP contribution < -0.4 is 4.90 Å². The number of para-hydroxylation sites is 1. The molecule has 8 nitrogen and oxygen atoms in total. The maximum atomic E-state index is 14.7. The molecule has 1 spiro atoms. The number of aliphatic hydroxyl groups excluding tert-OH is 1. The summed E-state index contributed by atoms with van der Waals surface area (Å²) in [6.07, 6.45) is 3.10. The van der Waals surface area contributed by atoms with Gasteiger partial charge in [0.15, 0.2) is 0 Å². The second-order valence-electron chi connectivity index (χ2n) is 11.5. The molecule has 3 fully saturated rings. The second-order valence-corrected chi connectivity index (χ2v) is 12.6. The number of ether oxygens (including phenoxy) is 1. The molecular weight excluding hydrogens is 598 g/mol. The standard InChI is InChI=1S/C33H38BrN3O5/c1-5-17-35(21(3)4)32(41)29-33-19-24(34)28(42-33)26(30(39)36(18-6-2)23-15-11-8-12-16-23)27(33)31(40)37(29)25(20-38)22-13-9-7-10-14-22/h5-16,21,24-29,38H,1-2,17-20H2,3-4H3/t24?,25-,26+,27+,28+,29?,33?/m1/s1. The summed E-state index contributed by atoms with van der Waals surface area (Å²) in [5.41, 5.74) is 0.142. The highest BCUT2D eigenvalue weighted by atomic mass is 79.9. The summed E-state index contributed by atoms with van der Waals surface area (Å²) in [6.45, 7) is 11.7. The van der Waals surface area contributed by atoms with Crippen LogP contribution in [0.3, 0.4) is 0 Å². The summed E-state index contributed by atoms with van der Waals surface area (Å²) in [6, 6.07) is 16.5. The zero-order valence-electron chi connectivity index (χ0n) is 24.0. The Balaban J connectivity index is 1.65. The minimum absolute atomic E-state index is 0.177. The van der Waals surface area contributed by atoms with Crippen molar-refractivity contribution in [1.82, 2.24) is 9.80 Å². The number of halogens is 1. The summed E-state index contributed by atoms with van der Waals surface area (Å²) < 4.78 is 6.73. The maximum absolute atomic E-state index is 14.7. The SMILES string of the molecule is C=CCN(C(=O)[C@H]1[C@H]2C(=O)N([C@H](CO)c3ccccc3)C(C(=O)N(CC=C)C(C)C)C23CC(Br)[C@@H]1O3)c1ccccc1. The van der Waals surface area contributed by atoms with E-state index >= 15 is 0 Å². The molecule has 3 saturated heterocycles. The fraction of sp³-hybridized carbons (Fsp3) is 0.424. The lowest BCUT2D eigenvalue weighted by molar-refractivity contribution is -0.152. The number of hydrogen-bond acceptors (Lipinski definition) is 5. The van der Waals surface area contributed by atoms with Crippen molar-refractivity contribution in [2.75, 3.05) is 24.6 Å². The van der Waals surface area contributed by atoms with Gasteiger partial charge in [-0.25, -0.2) is 0 Å². The Labute approximate surface area is 255 Å². The van der Waals surface area contributed by atoms with Crippen molar-refractivity contribution in [2.24, 2.45) is 11.8 Å². The van der Waals surface area contributed by atoms with Gasteiger partial charge in [-0.2, -0.15) is 0 Å². The van der Waals surface area contributed by atoms with Crippen molar-refractivity contribution in [1.29, 1.82) is 0 Å². The average Bonchev–Trinajstić information content (AvgIpc) is 3.59. The van der Waals surface area contributed by atoms with E-state index in [1.54, 1.807) is 22.0 Å². The van der Waals surface area contributed by atoms with E-state index < -0.39 is 42.2 Å². The summed E-state index contributed by atoms with van der Waals surface area (Å²) in [7, 11) is 0. The summed E-state index contributed by atoms with van der Waals surface area (Å²) >= 11 is 3.76. The zero-order valence-corrected chi connectivity index (χ0v) is 25.6. The first kappa shape index (κ1) is 30.2. The summed E-state index contributed by atoms with van der Waals surface area (Å²) in [4.78, 5) is 48.2. The number of alkyl halides is 1. The molecule has 5 rings (SSSR count). The number of fused-ring (bicyclic) bond motifs is 1. The number of aliphatic hydroxyl groups is 1. The minimum Gasteiger partial charge on any atom is -0.394 e. The third kappa shape index (κ3) is 4.81. The second kappa shape index (κ2) is 12.1. The maximum Gasteiger partial charge on any atom is 0.248 e. The fourth-order valence-corrected chi connectivity index (χ4v) is 8.03. The van der Waals surface area contributed by atoms with Gasteiger partial charge in [0.1, 0.15) is 11.6 Å². The molecule has 1 N–H and O–H groups in total. The van der Waals surface area contributed by atoms with Crippen LogP contribution in [0, 0.1) is 11.8 Å². The number of likely N-dealkylation sites (tertiary alicyclic amines) is 1. The van der Waals surface area contributed by atoms with Gasteiger partial charge in [-0.1, -0.05) is 76.6 Å². The van der Waals surface area contributed by atoms with E-state index in [1.165, 1.54) is 4.90 Å². The van der Waals surface area contributed by atoms with Gasteiger partial charge in [-0.3, -0.25) is 14.4 Å². The van der Waals surface area contributed by atoms with Gasteiger partial charge in [-0.05, 0) is 38.0 Å². The van der Waals surface area contributed by atoms with Crippen LogP contribution in [0.1, 0.15) is 31.9 Å². The molecule has 0 aromatic heterocycles. The number of rotatable bonds is 11. The van der Waals surface area contributed by atoms with Crippen LogP contribution in [-0.2, 0) is 19.1 Å². The van der Waals surface area contributed by atoms with E-state index in [4.69, 9.17) is 4.74 Å². The highest BCUT2D eigenvalue weighted by molar-refractivity contribution is 9.09. The topological polar surface area (TPSA) is 90.4 Å². The number of nitrogens with zero attached hydrogens (tertiary/aromatic N) is 3. The Morgan fingerprint density at radius 2 is 1.69 bits per heavy atom. The van der Waals surface area contributed by atoms with E-state index in [2.05, 4.69) is 29.1 Å². The minimum atomic E-state index is -1.25. The lowest BCUT2D eigenvalue weighted by Gasteiger charge is -2.40. The van der Waals surface area contributed by atoms with Gasteiger partial charge < -0.3 is 24.5 Å². The van der Waals surface area contributed by atoms with Crippen molar-refractivity contribution in [3.63, 3.8) is 0 Å². The molecule has 3 aliphatic rings. The normalized spacial score (nSPS) is 28.5. The first-order chi connectivity index (χ1) is 20.2. The molecule has 0 aliphatic carbocycles. The Morgan fingerprint density at radius 3 is 2.26 bits per heavy atom. The highest BCUT2D eigenvalue weighted by Gasteiger charge is 2.77. The Morgan fingerprint density at radius 1 is 1.07 bits per heavy atom. The van der Waals surface area contributed by atoms with Crippen molar-refractivity contribution in [3.05, 3.63) is 91.5 Å². The smallest absolute Gasteiger partial charge is 0.248 e. The van der Waals surface area contributed by atoms with E-state index in [-0.39, 0.29) is 41.7 Å². The summed E-state index contributed by atoms with van der Waals surface area (Å²) in [5, 5.41) is 10.7. The number of anilines is 1. The zero-order chi connectivity index (χ0) is 30.2. The van der Waals surface area contributed by atoms with Crippen molar-refractivity contribution in [2.45, 2.75) is 54.9 Å². The molecular formula is C33H38BrN3O5. The molecule has 2 aromatic carbocycles. The van der Waals surface area contributed by atoms with Gasteiger partial charge in [0, 0.05) is 29.6 Å². The predicted molar refractivity (Wildman–Crippen MR) is 165 cm³/mol. The lowest BCUT2D eigenvalue weighted by Crippen LogP contribution is -2.58. The van der Waals surface area contributed by atoms with Gasteiger partial charge in [0.05, 0.1) is 30.6 Å². The molecule has 222 valence electrons. The molecule has 7 atom stereocenters. The number of carbonyl (C=O) groups is 3. The van der Waals surface area contributed by atoms with Crippen LogP contribution in [0.4, 0.5) is 5.69 Å². The van der Waals surface area contributed by atoms with Crippen molar-refractivity contribution < 1.29 is 24.2 Å². The quantitative estimate of drug-likeness (QED) is 0.296. The van der Waals surface area contributed by atoms with Crippen LogP contribution in [0.5, 0.6) is 0 Å². The van der Waals surface area contributed by atoms with E-state index in [9.17, 15) is 19.5 Å². The molecule has 2 bridgehead atoms. The summed E-state index contributed by atoms with van der Waals surface area (Å²) in [5.74, 6) is -2.63. The number of benzene rings is 2. The number of amides is 3. The molecule has 3 unspecified atom stereocenters. The van der Waals surface area contributed by atoms with Gasteiger partial charge in [-0.15, -0.1) is 13.2 Å². The molecule has 3 amide bonds. The third-order valence-corrected chi connectivity index (χ3v) is 9.66. The average molecular weight is 637 g/mol. The molecule has 3 heterocycles. The molecule has 2 aromatic rings. The highest BCUT2D eigenvalue weighted by Crippen LogP contribution is 2.61. The van der Waals surface area contributed by atoms with Gasteiger partial charge >= 0.3 is 0 Å². The fourth-order valence-electron chi connectivity index (χ4n) is 7.09. The Bertz CT molecular complexity index is 1340. The van der Waals surface area contributed by atoms with Crippen LogP contribution >= 0.6 is 15.9 Å². The van der Waals surface area contributed by atoms with E-state index in [1.807, 2.05) is 74.5 Å². The monoisotopic (exact) mass is 635 g/mol. The van der Waals surface area contributed by atoms with E-state index in [0.717, 1.165) is 0 Å². The third-order valence-electron chi connectivity index (χ3n) is 8.82. The largest absolute Gasteiger partial charge is 0.394 e. The van der Waals surface area contributed by atoms with Crippen LogP contribution in [0.2, 0.25) is 0 Å². The number of carbonyl (C=O) groups excluding carboxylic acids is 3. The van der Waals surface area contributed by atoms with Crippen LogP contribution in [0.25, 0.3) is 0 Å². The molecule has 3 aliphatic heterocycles. The first-order valence-electron chi connectivity index (χ1n) is 14.4. The van der Waals surface area contributed by atoms with Crippen LogP contribution in [0.15, 0.2) is 86.0 Å². The van der Waals surface area contributed by atoms with Crippen LogP contribution in [-0.4, -0.2) is 80.9 Å². The number of hydrogen-bond donors (Lipinski definition) is 1. The Kier molecular flexibility index (Phi) is 8.73. The Hall–Kier alpha value is -3.27. The lowest BCUT2D eigenvalue weighted by atomic mass is 9.70. The van der Waals surface area contributed by atoms with Gasteiger partial charge in [0.25, 0.3) is 0 Å². The molecule has 0 radical (unpaired) electrons. The van der Waals surface area contributed by atoms with Gasteiger partial charge in [0.2, 0.25) is 17.7 Å². The molecule has 0 saturated carbocycles. The predicted octanol–water partition coefficient (Wildman–Crippen LogP) is 4.11. The first-order valence-corrected chi connectivity index (χ1v) is 15.3. The molecule has 9 heteroatoms. The van der Waals surface area contributed by atoms with E-state index in [0.29, 0.717) is 17.7 Å². The molecule has 42 heavy (non-hydrogen) atoms.